The van der Waals surface area contributed by atoms with Gasteiger partial charge in [-0.15, -0.1) is 11.3 Å². The zero-order valence-electron chi connectivity index (χ0n) is 17.0. The number of hydrogen-bond donors (Lipinski definition) is 4. The van der Waals surface area contributed by atoms with E-state index in [1.54, 1.807) is 23.5 Å². The molecule has 5 atom stereocenters. The maximum absolute atomic E-state index is 13.2. The van der Waals surface area contributed by atoms with Crippen molar-refractivity contribution in [1.29, 1.82) is 0 Å². The topological polar surface area (TPSA) is 90.2 Å². The second-order valence-corrected chi connectivity index (χ2v) is 9.05. The molecule has 0 bridgehead atoms. The van der Waals surface area contributed by atoms with Crippen molar-refractivity contribution >= 4 is 11.3 Å². The third-order valence-corrected chi connectivity index (χ3v) is 6.88. The molecule has 2 unspecified atom stereocenters. The van der Waals surface area contributed by atoms with Crippen molar-refractivity contribution in [2.45, 2.75) is 43.9 Å². The molecule has 3 aromatic rings. The molecule has 0 aliphatic carbocycles. The second kappa shape index (κ2) is 9.16. The van der Waals surface area contributed by atoms with Crippen molar-refractivity contribution in [3.05, 3.63) is 82.0 Å². The average Bonchev–Trinajstić information content (AvgIpc) is 3.23. The van der Waals surface area contributed by atoms with Crippen LogP contribution in [0.2, 0.25) is 0 Å². The predicted octanol–water partition coefficient (Wildman–Crippen LogP) is 2.97. The van der Waals surface area contributed by atoms with Crippen LogP contribution >= 0.6 is 11.3 Å². The molecule has 1 aliphatic heterocycles. The van der Waals surface area contributed by atoms with Gasteiger partial charge in [-0.05, 0) is 53.4 Å². The highest BCUT2D eigenvalue weighted by molar-refractivity contribution is 7.15. The van der Waals surface area contributed by atoms with Crippen molar-refractivity contribution in [3.8, 4) is 10.4 Å². The molecule has 7 heteroatoms. The predicted molar refractivity (Wildman–Crippen MR) is 116 cm³/mol. The molecule has 0 amide bonds. The van der Waals surface area contributed by atoms with Crippen LogP contribution in [0.4, 0.5) is 4.39 Å². The molecule has 0 radical (unpaired) electrons. The standard InChI is InChI=1S/C24H25FO5S/c1-13-2-3-15(24-23(29)22(28)21(27)19(12-26)30-24)10-16(13)11-18-8-9-20(31-18)14-4-6-17(25)7-5-14/h2-10,19,21-24,26-29H,11-12H2,1H3/t19-,21-,22?,23-,24?/m1/s1. The van der Waals surface area contributed by atoms with Gasteiger partial charge in [0.05, 0.1) is 6.61 Å². The fourth-order valence-electron chi connectivity index (χ4n) is 3.87. The molecular weight excluding hydrogens is 419 g/mol. The Hall–Kier alpha value is -2.13. The summed E-state index contributed by atoms with van der Waals surface area (Å²) in [5.41, 5.74) is 3.75. The van der Waals surface area contributed by atoms with Gasteiger partial charge in [0, 0.05) is 16.2 Å². The van der Waals surface area contributed by atoms with Crippen molar-refractivity contribution in [2.75, 3.05) is 6.61 Å². The Morgan fingerprint density at radius 2 is 1.68 bits per heavy atom. The van der Waals surface area contributed by atoms with Crippen LogP contribution < -0.4 is 0 Å². The Morgan fingerprint density at radius 3 is 2.39 bits per heavy atom. The van der Waals surface area contributed by atoms with Crippen molar-refractivity contribution in [1.82, 2.24) is 0 Å². The summed E-state index contributed by atoms with van der Waals surface area (Å²) in [5.74, 6) is -0.263. The van der Waals surface area contributed by atoms with E-state index in [4.69, 9.17) is 4.74 Å². The Morgan fingerprint density at radius 1 is 0.935 bits per heavy atom. The minimum atomic E-state index is -1.41. The van der Waals surface area contributed by atoms with E-state index in [0.717, 1.165) is 26.4 Å². The smallest absolute Gasteiger partial charge is 0.123 e. The molecule has 2 aromatic carbocycles. The van der Waals surface area contributed by atoms with Gasteiger partial charge >= 0.3 is 0 Å². The van der Waals surface area contributed by atoms with E-state index in [0.29, 0.717) is 12.0 Å². The zero-order chi connectivity index (χ0) is 22.1. The number of rotatable bonds is 5. The molecule has 1 fully saturated rings. The van der Waals surface area contributed by atoms with Gasteiger partial charge in [0.25, 0.3) is 0 Å². The first kappa shape index (κ1) is 22.1. The third kappa shape index (κ3) is 4.57. The summed E-state index contributed by atoms with van der Waals surface area (Å²) in [6.45, 7) is 1.54. The van der Waals surface area contributed by atoms with Gasteiger partial charge < -0.3 is 25.2 Å². The number of thiophene rings is 1. The number of hydrogen-bond acceptors (Lipinski definition) is 6. The summed E-state index contributed by atoms with van der Waals surface area (Å²) in [6, 6.07) is 16.2. The molecule has 164 valence electrons. The van der Waals surface area contributed by atoms with E-state index in [-0.39, 0.29) is 5.82 Å². The lowest BCUT2D eigenvalue weighted by Gasteiger charge is -2.40. The number of benzene rings is 2. The van der Waals surface area contributed by atoms with Gasteiger partial charge in [0.1, 0.15) is 36.3 Å². The van der Waals surface area contributed by atoms with Crippen molar-refractivity contribution < 1.29 is 29.6 Å². The molecule has 1 aromatic heterocycles. The summed E-state index contributed by atoms with van der Waals surface area (Å²) in [6.07, 6.45) is -5.21. The number of halogens is 1. The van der Waals surface area contributed by atoms with Crippen LogP contribution in [0.25, 0.3) is 10.4 Å². The number of aryl methyl sites for hydroxylation is 1. The summed E-state index contributed by atoms with van der Waals surface area (Å²) < 4.78 is 18.9. The highest BCUT2D eigenvalue weighted by Crippen LogP contribution is 2.35. The van der Waals surface area contributed by atoms with Gasteiger partial charge in [-0.3, -0.25) is 0 Å². The SMILES string of the molecule is Cc1ccc(C2O[C@H](CO)[C@@H](O)C(O)[C@H]2O)cc1Cc1ccc(-c2ccc(F)cc2)s1. The molecule has 31 heavy (non-hydrogen) atoms. The first-order valence-corrected chi connectivity index (χ1v) is 10.9. The summed E-state index contributed by atoms with van der Waals surface area (Å²) >= 11 is 1.63. The zero-order valence-corrected chi connectivity index (χ0v) is 17.8. The molecule has 4 N–H and O–H groups in total. The van der Waals surface area contributed by atoms with Crippen LogP contribution in [0.5, 0.6) is 0 Å². The largest absolute Gasteiger partial charge is 0.394 e. The molecule has 1 saturated heterocycles. The summed E-state index contributed by atoms with van der Waals surface area (Å²) in [5, 5.41) is 40.0. The van der Waals surface area contributed by atoms with E-state index >= 15 is 0 Å². The number of aliphatic hydroxyl groups excluding tert-OH is 4. The van der Waals surface area contributed by atoms with E-state index in [9.17, 15) is 24.8 Å². The van der Waals surface area contributed by atoms with Gasteiger partial charge in [0.2, 0.25) is 0 Å². The first-order valence-electron chi connectivity index (χ1n) is 10.1. The van der Waals surface area contributed by atoms with Crippen LogP contribution in [0.15, 0.2) is 54.6 Å². The van der Waals surface area contributed by atoms with Crippen LogP contribution in [0.1, 0.15) is 27.7 Å². The highest BCUT2D eigenvalue weighted by Gasteiger charge is 2.43. The Bertz CT molecular complexity index is 1030. The maximum atomic E-state index is 13.2. The van der Waals surface area contributed by atoms with Crippen LogP contribution in [0.3, 0.4) is 0 Å². The maximum Gasteiger partial charge on any atom is 0.123 e. The fraction of sp³-hybridized carbons (Fsp3) is 0.333. The van der Waals surface area contributed by atoms with Crippen molar-refractivity contribution in [2.24, 2.45) is 0 Å². The molecule has 0 saturated carbocycles. The summed E-state index contributed by atoms with van der Waals surface area (Å²) in [4.78, 5) is 2.19. The van der Waals surface area contributed by atoms with E-state index in [2.05, 4.69) is 0 Å². The molecular formula is C24H25FO5S. The fourth-order valence-corrected chi connectivity index (χ4v) is 4.90. The van der Waals surface area contributed by atoms with E-state index in [1.165, 1.54) is 12.1 Å². The van der Waals surface area contributed by atoms with Crippen LogP contribution in [-0.2, 0) is 11.2 Å². The number of aliphatic hydroxyl groups is 4. The highest BCUT2D eigenvalue weighted by atomic mass is 32.1. The molecule has 1 aliphatic rings. The Balaban J connectivity index is 1.57. The van der Waals surface area contributed by atoms with E-state index < -0.39 is 37.1 Å². The van der Waals surface area contributed by atoms with Gasteiger partial charge in [-0.2, -0.15) is 0 Å². The normalized spacial score (nSPS) is 26.2. The third-order valence-electron chi connectivity index (χ3n) is 5.75. The minimum absolute atomic E-state index is 0.263. The average molecular weight is 445 g/mol. The lowest BCUT2D eigenvalue weighted by Crippen LogP contribution is -2.55. The quantitative estimate of drug-likeness (QED) is 0.486. The first-order chi connectivity index (χ1) is 14.9. The van der Waals surface area contributed by atoms with E-state index in [1.807, 2.05) is 37.3 Å². The van der Waals surface area contributed by atoms with Crippen LogP contribution in [0, 0.1) is 12.7 Å². The lowest BCUT2D eigenvalue weighted by molar-refractivity contribution is -0.231. The summed E-state index contributed by atoms with van der Waals surface area (Å²) in [7, 11) is 0. The molecule has 2 heterocycles. The van der Waals surface area contributed by atoms with Gasteiger partial charge in [-0.1, -0.05) is 30.3 Å². The monoisotopic (exact) mass is 444 g/mol. The Kier molecular flexibility index (Phi) is 6.52. The van der Waals surface area contributed by atoms with Crippen molar-refractivity contribution in [3.63, 3.8) is 0 Å². The van der Waals surface area contributed by atoms with Gasteiger partial charge in [0.15, 0.2) is 0 Å². The lowest BCUT2D eigenvalue weighted by atomic mass is 9.89. The minimum Gasteiger partial charge on any atom is -0.394 e. The number of ether oxygens (including phenoxy) is 1. The molecule has 0 spiro atoms. The second-order valence-electron chi connectivity index (χ2n) is 7.89. The van der Waals surface area contributed by atoms with Crippen LogP contribution in [-0.4, -0.2) is 51.4 Å². The Labute approximate surface area is 184 Å². The molecule has 5 nitrogen and oxygen atoms in total. The molecule has 4 rings (SSSR count). The van der Waals surface area contributed by atoms with Gasteiger partial charge in [-0.25, -0.2) is 4.39 Å².